The lowest BCUT2D eigenvalue weighted by Crippen LogP contribution is -2.14. The molecule has 2 aromatic rings. The van der Waals surface area contributed by atoms with Crippen molar-refractivity contribution in [3.8, 4) is 11.4 Å². The van der Waals surface area contributed by atoms with E-state index >= 15 is 0 Å². The van der Waals surface area contributed by atoms with Crippen LogP contribution in [-0.2, 0) is 0 Å². The van der Waals surface area contributed by atoms with Crippen LogP contribution in [0.25, 0.3) is 5.69 Å². The van der Waals surface area contributed by atoms with Crippen LogP contribution in [0.15, 0.2) is 29.3 Å². The Labute approximate surface area is 77.4 Å². The molecule has 6 heteroatoms. The molecule has 0 saturated heterocycles. The summed E-state index contributed by atoms with van der Waals surface area (Å²) >= 11 is 0. The molecule has 0 bridgehead atoms. The Morgan fingerprint density at radius 3 is 2.86 bits per heavy atom. The summed E-state index contributed by atoms with van der Waals surface area (Å²) in [6, 6.07) is 3.63. The molecule has 1 aromatic carbocycles. The summed E-state index contributed by atoms with van der Waals surface area (Å²) in [5.41, 5.74) is -0.158. The highest BCUT2D eigenvalue weighted by Gasteiger charge is 2.05. The van der Waals surface area contributed by atoms with Crippen LogP contribution in [0.1, 0.15) is 0 Å². The molecule has 0 spiro atoms. The number of H-pyrrole nitrogens is 1. The molecule has 5 nitrogen and oxygen atoms in total. The van der Waals surface area contributed by atoms with Crippen LogP contribution in [0.2, 0.25) is 0 Å². The predicted octanol–water partition coefficient (Wildman–Crippen LogP) is 0.405. The maximum Gasteiger partial charge on any atom is 0.347 e. The fraction of sp³-hybridized carbons (Fsp3) is 0. The van der Waals surface area contributed by atoms with Crippen LogP contribution < -0.4 is 5.69 Å². The Kier molecular flexibility index (Phi) is 1.81. The molecule has 2 rings (SSSR count). The lowest BCUT2D eigenvalue weighted by atomic mass is 10.3. The van der Waals surface area contributed by atoms with Crippen LogP contribution >= 0.6 is 0 Å². The first-order valence-corrected chi connectivity index (χ1v) is 3.79. The Hall–Kier alpha value is -2.11. The van der Waals surface area contributed by atoms with Crippen molar-refractivity contribution >= 4 is 0 Å². The summed E-state index contributed by atoms with van der Waals surface area (Å²) in [5.74, 6) is -1.24. The molecule has 0 saturated carbocycles. The molecular formula is C8H6FN3O2. The van der Waals surface area contributed by atoms with Crippen molar-refractivity contribution in [2.75, 3.05) is 0 Å². The molecule has 0 radical (unpaired) electrons. The highest BCUT2D eigenvalue weighted by atomic mass is 19.1. The van der Waals surface area contributed by atoms with Crippen LogP contribution in [0.5, 0.6) is 5.75 Å². The Balaban J connectivity index is 2.59. The number of aromatic amines is 1. The van der Waals surface area contributed by atoms with Gasteiger partial charge in [-0.25, -0.2) is 18.9 Å². The number of phenolic OH excluding ortho intramolecular Hbond substituents is 1. The highest BCUT2D eigenvalue weighted by molar-refractivity contribution is 5.37. The third-order valence-electron chi connectivity index (χ3n) is 1.76. The second-order valence-corrected chi connectivity index (χ2v) is 2.67. The molecule has 1 aromatic heterocycles. The molecule has 0 amide bonds. The largest absolute Gasteiger partial charge is 0.505 e. The van der Waals surface area contributed by atoms with Gasteiger partial charge in [-0.05, 0) is 12.1 Å². The fourth-order valence-electron chi connectivity index (χ4n) is 1.08. The van der Waals surface area contributed by atoms with Gasteiger partial charge in [0.1, 0.15) is 6.33 Å². The van der Waals surface area contributed by atoms with Gasteiger partial charge in [-0.3, -0.25) is 0 Å². The summed E-state index contributed by atoms with van der Waals surface area (Å²) in [6.07, 6.45) is 1.23. The van der Waals surface area contributed by atoms with Crippen LogP contribution in [-0.4, -0.2) is 19.9 Å². The zero-order valence-corrected chi connectivity index (χ0v) is 6.94. The summed E-state index contributed by atoms with van der Waals surface area (Å²) in [6.45, 7) is 0. The summed E-state index contributed by atoms with van der Waals surface area (Å²) in [7, 11) is 0. The zero-order chi connectivity index (χ0) is 10.1. The van der Waals surface area contributed by atoms with Crippen molar-refractivity contribution in [2.45, 2.75) is 0 Å². The average Bonchev–Trinajstić information content (AvgIpc) is 2.57. The first-order valence-electron chi connectivity index (χ1n) is 3.79. The van der Waals surface area contributed by atoms with Gasteiger partial charge in [0.25, 0.3) is 0 Å². The van der Waals surface area contributed by atoms with E-state index in [0.717, 1.165) is 10.6 Å². The topological polar surface area (TPSA) is 70.9 Å². The Morgan fingerprint density at radius 1 is 1.50 bits per heavy atom. The lowest BCUT2D eigenvalue weighted by Gasteiger charge is -2.00. The normalized spacial score (nSPS) is 10.4. The summed E-state index contributed by atoms with van der Waals surface area (Å²) < 4.78 is 14.0. The number of hydrogen-bond acceptors (Lipinski definition) is 3. The fourth-order valence-corrected chi connectivity index (χ4v) is 1.08. The monoisotopic (exact) mass is 195 g/mol. The molecule has 0 aliphatic heterocycles. The Morgan fingerprint density at radius 2 is 2.29 bits per heavy atom. The van der Waals surface area contributed by atoms with Crippen molar-refractivity contribution in [3.63, 3.8) is 0 Å². The van der Waals surface area contributed by atoms with Gasteiger partial charge >= 0.3 is 5.69 Å². The first-order chi connectivity index (χ1) is 6.68. The molecule has 1 heterocycles. The van der Waals surface area contributed by atoms with E-state index in [-0.39, 0.29) is 0 Å². The van der Waals surface area contributed by atoms with Crippen molar-refractivity contribution in [3.05, 3.63) is 40.8 Å². The zero-order valence-electron chi connectivity index (χ0n) is 6.94. The molecule has 14 heavy (non-hydrogen) atoms. The van der Waals surface area contributed by atoms with Crippen molar-refractivity contribution < 1.29 is 9.50 Å². The number of nitrogens with zero attached hydrogens (tertiary/aromatic N) is 2. The number of aromatic nitrogens is 3. The number of phenols is 1. The minimum atomic E-state index is -0.782. The number of benzene rings is 1. The lowest BCUT2D eigenvalue weighted by molar-refractivity contribution is 0.432. The highest BCUT2D eigenvalue weighted by Crippen LogP contribution is 2.17. The minimum absolute atomic E-state index is 0.305. The van der Waals surface area contributed by atoms with Crippen molar-refractivity contribution in [1.82, 2.24) is 14.8 Å². The van der Waals surface area contributed by atoms with Gasteiger partial charge in [0.05, 0.1) is 5.69 Å². The molecule has 72 valence electrons. The second-order valence-electron chi connectivity index (χ2n) is 2.67. The maximum absolute atomic E-state index is 12.9. The van der Waals surface area contributed by atoms with Gasteiger partial charge in [0, 0.05) is 6.07 Å². The number of nitrogens with one attached hydrogen (secondary N) is 1. The van der Waals surface area contributed by atoms with Gasteiger partial charge in [-0.1, -0.05) is 0 Å². The summed E-state index contributed by atoms with van der Waals surface area (Å²) in [5, 5.41) is 14.6. The van der Waals surface area contributed by atoms with E-state index in [9.17, 15) is 9.18 Å². The van der Waals surface area contributed by atoms with Crippen LogP contribution in [0.3, 0.4) is 0 Å². The van der Waals surface area contributed by atoms with Crippen molar-refractivity contribution in [1.29, 1.82) is 0 Å². The van der Waals surface area contributed by atoms with E-state index in [2.05, 4.69) is 10.2 Å². The van der Waals surface area contributed by atoms with E-state index in [0.29, 0.717) is 5.69 Å². The summed E-state index contributed by atoms with van der Waals surface area (Å²) in [4.78, 5) is 11.1. The number of halogens is 1. The molecule has 0 aliphatic carbocycles. The third kappa shape index (κ3) is 1.26. The van der Waals surface area contributed by atoms with Gasteiger partial charge < -0.3 is 5.11 Å². The molecule has 0 aliphatic rings. The van der Waals surface area contributed by atoms with Gasteiger partial charge in [0.2, 0.25) is 0 Å². The van der Waals surface area contributed by atoms with Crippen molar-refractivity contribution in [2.24, 2.45) is 0 Å². The average molecular weight is 195 g/mol. The third-order valence-corrected chi connectivity index (χ3v) is 1.76. The number of hydrogen-bond donors (Lipinski definition) is 2. The van der Waals surface area contributed by atoms with E-state index in [1.807, 2.05) is 0 Å². The molecular weight excluding hydrogens is 189 g/mol. The SMILES string of the molecule is O=c1[nH]ncn1-c1ccc(O)c(F)c1. The molecule has 0 fully saturated rings. The standard InChI is InChI=1S/C8H6FN3O2/c9-6-3-5(1-2-7(6)13)12-4-10-11-8(12)14/h1-4,13H,(H,11,14). The number of aromatic hydroxyl groups is 1. The second kappa shape index (κ2) is 2.99. The Bertz CT molecular complexity index is 517. The van der Waals surface area contributed by atoms with Gasteiger partial charge in [-0.2, -0.15) is 5.10 Å². The smallest absolute Gasteiger partial charge is 0.347 e. The molecule has 0 atom stereocenters. The van der Waals surface area contributed by atoms with E-state index in [1.165, 1.54) is 18.5 Å². The van der Waals surface area contributed by atoms with E-state index < -0.39 is 17.3 Å². The molecule has 0 unspecified atom stereocenters. The van der Waals surface area contributed by atoms with Crippen LogP contribution in [0.4, 0.5) is 4.39 Å². The van der Waals surface area contributed by atoms with Crippen LogP contribution in [0, 0.1) is 5.82 Å². The van der Waals surface area contributed by atoms with E-state index in [1.54, 1.807) is 0 Å². The van der Waals surface area contributed by atoms with E-state index in [4.69, 9.17) is 5.11 Å². The molecule has 2 N–H and O–H groups in total. The number of rotatable bonds is 1. The van der Waals surface area contributed by atoms with Gasteiger partial charge in [-0.15, -0.1) is 0 Å². The minimum Gasteiger partial charge on any atom is -0.505 e. The predicted molar refractivity (Wildman–Crippen MR) is 45.8 cm³/mol. The maximum atomic E-state index is 12.9. The quantitative estimate of drug-likeness (QED) is 0.692. The first kappa shape index (κ1) is 8.49. The van der Waals surface area contributed by atoms with Gasteiger partial charge in [0.15, 0.2) is 11.6 Å².